The van der Waals surface area contributed by atoms with E-state index in [1.165, 1.54) is 6.07 Å². The molecule has 0 aromatic heterocycles. The van der Waals surface area contributed by atoms with Crippen molar-refractivity contribution in [1.29, 1.82) is 0 Å². The Hall–Kier alpha value is -2.52. The second kappa shape index (κ2) is 7.38. The first kappa shape index (κ1) is 19.8. The number of benzene rings is 2. The van der Waals surface area contributed by atoms with Crippen LogP contribution in [0, 0.1) is 11.6 Å². The maximum atomic E-state index is 14.3. The molecule has 9 heteroatoms. The third kappa shape index (κ3) is 4.11. The number of hydrogen-bond donors (Lipinski definition) is 1. The summed E-state index contributed by atoms with van der Waals surface area (Å²) in [5.41, 5.74) is 0.298. The highest BCUT2D eigenvalue weighted by Gasteiger charge is 2.32. The Morgan fingerprint density at radius 3 is 2.69 bits per heavy atom. The van der Waals surface area contributed by atoms with E-state index in [9.17, 15) is 26.7 Å². The molecule has 0 radical (unpaired) electrons. The summed E-state index contributed by atoms with van der Waals surface area (Å²) < 4.78 is 72.4. The maximum absolute atomic E-state index is 14.3. The molecule has 0 saturated carbocycles. The van der Waals surface area contributed by atoms with E-state index >= 15 is 0 Å². The van der Waals surface area contributed by atoms with E-state index in [-0.39, 0.29) is 24.2 Å². The number of carbonyl (C=O) groups excluding carboxylic acids is 1. The van der Waals surface area contributed by atoms with Gasteiger partial charge in [0.15, 0.2) is 0 Å². The van der Waals surface area contributed by atoms with Crippen LogP contribution in [0.25, 0.3) is 0 Å². The molecule has 1 atom stereocenters. The normalized spacial score (nSPS) is 19.9. The largest absolute Gasteiger partial charge is 0.416 e. The zero-order valence-electron chi connectivity index (χ0n) is 15.2. The van der Waals surface area contributed by atoms with Gasteiger partial charge in [0.05, 0.1) is 23.8 Å². The predicted molar refractivity (Wildman–Crippen MR) is 92.9 cm³/mol. The first-order valence-electron chi connectivity index (χ1n) is 9.02. The molecule has 1 unspecified atom stereocenters. The van der Waals surface area contributed by atoms with Crippen LogP contribution in [-0.2, 0) is 24.0 Å². The van der Waals surface area contributed by atoms with Crippen LogP contribution in [0.4, 0.5) is 22.0 Å². The number of alkyl halides is 3. The molecule has 2 aromatic rings. The van der Waals surface area contributed by atoms with Crippen molar-refractivity contribution in [1.82, 2.24) is 10.2 Å². The number of nitrogens with zero attached hydrogens (tertiary/aromatic N) is 1. The van der Waals surface area contributed by atoms with Crippen LogP contribution in [0.1, 0.15) is 38.7 Å². The van der Waals surface area contributed by atoms with E-state index in [4.69, 9.17) is 4.74 Å². The molecule has 2 heterocycles. The number of hydrogen-bond acceptors (Lipinski definition) is 3. The SMILES string of the molecule is O=C1NCc2cc(C3CN(Cc4cc(F)cc(C(F)(F)F)c4)CCO3)cc(F)c21. The molecule has 0 bridgehead atoms. The van der Waals surface area contributed by atoms with Gasteiger partial charge in [0.25, 0.3) is 5.91 Å². The third-order valence-corrected chi connectivity index (χ3v) is 5.07. The molecule has 4 rings (SSSR count). The molecule has 1 N–H and O–H groups in total. The van der Waals surface area contributed by atoms with Crippen molar-refractivity contribution in [2.24, 2.45) is 0 Å². The van der Waals surface area contributed by atoms with Crippen LogP contribution in [-0.4, -0.2) is 30.5 Å². The molecule has 29 heavy (non-hydrogen) atoms. The van der Waals surface area contributed by atoms with Gasteiger partial charge in [-0.05, 0) is 41.0 Å². The summed E-state index contributed by atoms with van der Waals surface area (Å²) in [6.07, 6.45) is -5.13. The number of halogens is 5. The van der Waals surface area contributed by atoms with Crippen molar-refractivity contribution in [2.75, 3.05) is 19.7 Å². The van der Waals surface area contributed by atoms with Gasteiger partial charge in [0.2, 0.25) is 0 Å². The summed E-state index contributed by atoms with van der Waals surface area (Å²) in [6.45, 7) is 1.38. The van der Waals surface area contributed by atoms with Gasteiger partial charge in [0.1, 0.15) is 11.6 Å². The average Bonchev–Trinajstić information content (AvgIpc) is 3.02. The fourth-order valence-corrected chi connectivity index (χ4v) is 3.74. The highest BCUT2D eigenvalue weighted by molar-refractivity contribution is 5.98. The Labute approximate surface area is 163 Å². The Bertz CT molecular complexity index is 961. The quantitative estimate of drug-likeness (QED) is 0.780. The molecule has 2 aliphatic rings. The number of amides is 1. The summed E-state index contributed by atoms with van der Waals surface area (Å²) in [5.74, 6) is -2.03. The van der Waals surface area contributed by atoms with Crippen molar-refractivity contribution < 1.29 is 31.5 Å². The van der Waals surface area contributed by atoms with Gasteiger partial charge >= 0.3 is 6.18 Å². The third-order valence-electron chi connectivity index (χ3n) is 5.07. The minimum atomic E-state index is -4.63. The van der Waals surface area contributed by atoms with E-state index in [2.05, 4.69) is 5.32 Å². The Balaban J connectivity index is 1.52. The summed E-state index contributed by atoms with van der Waals surface area (Å²) in [4.78, 5) is 13.5. The molecule has 4 nitrogen and oxygen atoms in total. The van der Waals surface area contributed by atoms with E-state index in [1.54, 1.807) is 6.07 Å². The summed E-state index contributed by atoms with van der Waals surface area (Å²) in [6, 6.07) is 5.43. The molecular weight excluding hydrogens is 395 g/mol. The number of carbonyl (C=O) groups is 1. The Kier molecular flexibility index (Phi) is 5.04. The molecule has 2 aliphatic heterocycles. The Morgan fingerprint density at radius 1 is 1.14 bits per heavy atom. The van der Waals surface area contributed by atoms with Gasteiger partial charge in [-0.2, -0.15) is 13.2 Å². The molecule has 1 saturated heterocycles. The lowest BCUT2D eigenvalue weighted by atomic mass is 10.0. The number of fused-ring (bicyclic) bond motifs is 1. The smallest absolute Gasteiger partial charge is 0.371 e. The molecule has 2 aromatic carbocycles. The van der Waals surface area contributed by atoms with Crippen LogP contribution >= 0.6 is 0 Å². The second-order valence-electron chi connectivity index (χ2n) is 7.16. The summed E-state index contributed by atoms with van der Waals surface area (Å²) in [5, 5.41) is 2.56. The topological polar surface area (TPSA) is 41.6 Å². The first-order valence-corrected chi connectivity index (χ1v) is 9.02. The predicted octanol–water partition coefficient (Wildman–Crippen LogP) is 3.80. The Morgan fingerprint density at radius 2 is 1.93 bits per heavy atom. The van der Waals surface area contributed by atoms with Crippen molar-refractivity contribution in [2.45, 2.75) is 25.4 Å². The van der Waals surface area contributed by atoms with Gasteiger partial charge in [-0.25, -0.2) is 8.78 Å². The minimum absolute atomic E-state index is 0.0286. The first-order chi connectivity index (χ1) is 13.7. The van der Waals surface area contributed by atoms with Crippen molar-refractivity contribution in [3.63, 3.8) is 0 Å². The summed E-state index contributed by atoms with van der Waals surface area (Å²) in [7, 11) is 0. The van der Waals surface area contributed by atoms with E-state index in [1.807, 2.05) is 4.90 Å². The average molecular weight is 412 g/mol. The molecule has 1 fully saturated rings. The van der Waals surface area contributed by atoms with Crippen molar-refractivity contribution >= 4 is 5.91 Å². The number of nitrogens with one attached hydrogen (secondary N) is 1. The van der Waals surface area contributed by atoms with Crippen LogP contribution < -0.4 is 5.32 Å². The van der Waals surface area contributed by atoms with Crippen LogP contribution in [0.5, 0.6) is 0 Å². The summed E-state index contributed by atoms with van der Waals surface area (Å²) >= 11 is 0. The van der Waals surface area contributed by atoms with Crippen LogP contribution in [0.3, 0.4) is 0 Å². The van der Waals surface area contributed by atoms with Gasteiger partial charge in [0, 0.05) is 26.2 Å². The van der Waals surface area contributed by atoms with Crippen LogP contribution in [0.2, 0.25) is 0 Å². The monoisotopic (exact) mass is 412 g/mol. The lowest BCUT2D eigenvalue weighted by molar-refractivity contribution is -0.137. The van der Waals surface area contributed by atoms with E-state index in [0.717, 1.165) is 12.1 Å². The molecular formula is C20H17F5N2O2. The number of morpholine rings is 1. The maximum Gasteiger partial charge on any atom is 0.416 e. The highest BCUT2D eigenvalue weighted by atomic mass is 19.4. The standard InChI is InChI=1S/C20H17F5N2O2/c21-15-4-11(3-14(7-15)20(23,24)25)9-27-1-2-29-17(10-27)12-5-13-8-26-19(28)18(13)16(22)6-12/h3-7,17H,1-2,8-10H2,(H,26,28). The van der Waals surface area contributed by atoms with Gasteiger partial charge in [-0.3, -0.25) is 9.69 Å². The fraction of sp³-hybridized carbons (Fsp3) is 0.350. The van der Waals surface area contributed by atoms with Crippen LogP contribution in [0.15, 0.2) is 30.3 Å². The number of ether oxygens (including phenoxy) is 1. The van der Waals surface area contributed by atoms with E-state index < -0.39 is 35.4 Å². The number of rotatable bonds is 3. The molecule has 1 amide bonds. The second-order valence-corrected chi connectivity index (χ2v) is 7.16. The molecule has 0 spiro atoms. The zero-order valence-corrected chi connectivity index (χ0v) is 15.2. The molecule has 154 valence electrons. The molecule has 0 aliphatic carbocycles. The van der Waals surface area contributed by atoms with E-state index in [0.29, 0.717) is 36.9 Å². The lowest BCUT2D eigenvalue weighted by Gasteiger charge is -2.33. The minimum Gasteiger partial charge on any atom is -0.371 e. The zero-order chi connectivity index (χ0) is 20.8. The van der Waals surface area contributed by atoms with Crippen molar-refractivity contribution in [3.05, 3.63) is 69.8 Å². The van der Waals surface area contributed by atoms with Gasteiger partial charge < -0.3 is 10.1 Å². The van der Waals surface area contributed by atoms with Crippen molar-refractivity contribution in [3.8, 4) is 0 Å². The fourth-order valence-electron chi connectivity index (χ4n) is 3.74. The van der Waals surface area contributed by atoms with Gasteiger partial charge in [-0.1, -0.05) is 6.07 Å². The van der Waals surface area contributed by atoms with Gasteiger partial charge in [-0.15, -0.1) is 0 Å². The highest BCUT2D eigenvalue weighted by Crippen LogP contribution is 2.32. The lowest BCUT2D eigenvalue weighted by Crippen LogP contribution is -2.38.